The molecule has 0 aliphatic carbocycles. The second-order valence-electron chi connectivity index (χ2n) is 6.50. The molecule has 0 N–H and O–H groups in total. The average molecular weight is 417 g/mol. The van der Waals surface area contributed by atoms with Gasteiger partial charge in [-0.15, -0.1) is 0 Å². The lowest BCUT2D eigenvalue weighted by molar-refractivity contribution is 1.63. The molecule has 0 amide bonds. The third kappa shape index (κ3) is 2.09. The van der Waals surface area contributed by atoms with Crippen molar-refractivity contribution in [2.75, 3.05) is 0 Å². The minimum atomic E-state index is -0.331. The van der Waals surface area contributed by atoms with E-state index in [2.05, 4.69) is 15.9 Å². The van der Waals surface area contributed by atoms with Crippen molar-refractivity contribution in [3.8, 4) is 0 Å². The average Bonchev–Trinajstić information content (AvgIpc) is 2.69. The van der Waals surface area contributed by atoms with Crippen LogP contribution < -0.4 is 21.7 Å². The lowest BCUT2D eigenvalue weighted by Crippen LogP contribution is -2.17. The van der Waals surface area contributed by atoms with E-state index in [4.69, 9.17) is 0 Å². The fourth-order valence-corrected chi connectivity index (χ4v) is 4.07. The summed E-state index contributed by atoms with van der Waals surface area (Å²) in [6.45, 7) is 0. The van der Waals surface area contributed by atoms with Gasteiger partial charge in [0.05, 0.1) is 0 Å². The zero-order valence-corrected chi connectivity index (χ0v) is 15.3. The number of benzene rings is 5. The zero-order valence-electron chi connectivity index (χ0n) is 13.7. The molecule has 0 saturated carbocycles. The SMILES string of the molecule is O=c1c2ccccc2c(=O)c2cc3c(=O)c4cc(Br)ccc4c(=O)c3cc12. The van der Waals surface area contributed by atoms with Crippen LogP contribution in [0.5, 0.6) is 0 Å². The molecule has 5 aromatic carbocycles. The lowest BCUT2D eigenvalue weighted by Gasteiger charge is -2.05. The predicted octanol–water partition coefficient (Wildman–Crippen LogP) is 3.38. The molecule has 0 unspecified atom stereocenters. The predicted molar refractivity (Wildman–Crippen MR) is 112 cm³/mol. The van der Waals surface area contributed by atoms with Crippen LogP contribution >= 0.6 is 15.9 Å². The molecule has 0 atom stereocenters. The first-order valence-corrected chi connectivity index (χ1v) is 9.02. The molecule has 5 aromatic rings. The summed E-state index contributed by atoms with van der Waals surface area (Å²) in [6, 6.07) is 14.2. The summed E-state index contributed by atoms with van der Waals surface area (Å²) in [7, 11) is 0. The molecule has 27 heavy (non-hydrogen) atoms. The van der Waals surface area contributed by atoms with Crippen molar-refractivity contribution in [2.24, 2.45) is 0 Å². The topological polar surface area (TPSA) is 68.3 Å². The van der Waals surface area contributed by atoms with Gasteiger partial charge in [-0.1, -0.05) is 40.2 Å². The summed E-state index contributed by atoms with van der Waals surface area (Å²) in [5.74, 6) is 0. The molecular formula is C22H9BrO4. The Morgan fingerprint density at radius 2 is 0.815 bits per heavy atom. The Morgan fingerprint density at radius 1 is 0.444 bits per heavy atom. The first-order chi connectivity index (χ1) is 13.0. The van der Waals surface area contributed by atoms with Gasteiger partial charge in [0.25, 0.3) is 0 Å². The van der Waals surface area contributed by atoms with E-state index in [1.807, 2.05) is 0 Å². The van der Waals surface area contributed by atoms with E-state index in [0.29, 0.717) is 20.6 Å². The molecule has 0 aromatic heterocycles. The number of halogens is 1. The van der Waals surface area contributed by atoms with Crippen LogP contribution in [0.25, 0.3) is 43.1 Å². The molecule has 0 radical (unpaired) electrons. The van der Waals surface area contributed by atoms with Gasteiger partial charge in [-0.3, -0.25) is 19.2 Å². The Hall–Kier alpha value is -3.18. The minimum absolute atomic E-state index is 0.157. The van der Waals surface area contributed by atoms with Gasteiger partial charge in [-0.2, -0.15) is 0 Å². The molecule has 5 heteroatoms. The summed E-state index contributed by atoms with van der Waals surface area (Å²) in [4.78, 5) is 51.6. The maximum atomic E-state index is 13.0. The highest BCUT2D eigenvalue weighted by molar-refractivity contribution is 9.10. The molecular weight excluding hydrogens is 408 g/mol. The van der Waals surface area contributed by atoms with Crippen LogP contribution in [0, 0.1) is 0 Å². The van der Waals surface area contributed by atoms with Gasteiger partial charge in [0.2, 0.25) is 0 Å². The van der Waals surface area contributed by atoms with Crippen molar-refractivity contribution in [3.63, 3.8) is 0 Å². The van der Waals surface area contributed by atoms with E-state index >= 15 is 0 Å². The van der Waals surface area contributed by atoms with Crippen LogP contribution in [0.15, 0.2) is 78.2 Å². The van der Waals surface area contributed by atoms with Gasteiger partial charge in [0, 0.05) is 47.6 Å². The normalized spacial score (nSPS) is 11.7. The molecule has 128 valence electrons. The Kier molecular flexibility index (Phi) is 3.21. The highest BCUT2D eigenvalue weighted by Gasteiger charge is 2.16. The quantitative estimate of drug-likeness (QED) is 0.363. The molecule has 5 rings (SSSR count). The van der Waals surface area contributed by atoms with Crippen LogP contribution in [0.3, 0.4) is 0 Å². The van der Waals surface area contributed by atoms with Gasteiger partial charge < -0.3 is 0 Å². The Morgan fingerprint density at radius 3 is 1.30 bits per heavy atom. The fourth-order valence-electron chi connectivity index (χ4n) is 3.71. The third-order valence-corrected chi connectivity index (χ3v) is 5.52. The van der Waals surface area contributed by atoms with Gasteiger partial charge in [-0.25, -0.2) is 0 Å². The summed E-state index contributed by atoms with van der Waals surface area (Å²) in [5.41, 5.74) is -1.29. The first kappa shape index (κ1) is 16.0. The summed E-state index contributed by atoms with van der Waals surface area (Å²) in [6.07, 6.45) is 0. The highest BCUT2D eigenvalue weighted by Crippen LogP contribution is 2.21. The third-order valence-electron chi connectivity index (χ3n) is 5.02. The van der Waals surface area contributed by atoms with Crippen molar-refractivity contribution in [2.45, 2.75) is 0 Å². The van der Waals surface area contributed by atoms with Crippen LogP contribution in [-0.4, -0.2) is 0 Å². The monoisotopic (exact) mass is 416 g/mol. The Bertz CT molecular complexity index is 1660. The van der Waals surface area contributed by atoms with Crippen LogP contribution in [0.4, 0.5) is 0 Å². The van der Waals surface area contributed by atoms with Crippen molar-refractivity contribution in [1.29, 1.82) is 0 Å². The minimum Gasteiger partial charge on any atom is -0.289 e. The fraction of sp³-hybridized carbons (Fsp3) is 0. The number of hydrogen-bond acceptors (Lipinski definition) is 4. The van der Waals surface area contributed by atoms with Crippen molar-refractivity contribution in [1.82, 2.24) is 0 Å². The largest absolute Gasteiger partial charge is 0.289 e. The molecule has 0 aliphatic heterocycles. The maximum Gasteiger partial charge on any atom is 0.194 e. The summed E-state index contributed by atoms with van der Waals surface area (Å²) in [5, 5.41) is 1.86. The first-order valence-electron chi connectivity index (χ1n) is 8.23. The van der Waals surface area contributed by atoms with E-state index in [0.717, 1.165) is 0 Å². The van der Waals surface area contributed by atoms with Crippen molar-refractivity contribution < 1.29 is 0 Å². The van der Waals surface area contributed by atoms with E-state index in [9.17, 15) is 19.2 Å². The molecule has 0 aliphatic rings. The summed E-state index contributed by atoms with van der Waals surface area (Å²) >= 11 is 3.31. The van der Waals surface area contributed by atoms with E-state index in [-0.39, 0.29) is 48.6 Å². The molecule has 0 heterocycles. The van der Waals surface area contributed by atoms with Crippen LogP contribution in [0.2, 0.25) is 0 Å². The van der Waals surface area contributed by atoms with Gasteiger partial charge >= 0.3 is 0 Å². The van der Waals surface area contributed by atoms with E-state index in [1.165, 1.54) is 12.1 Å². The highest BCUT2D eigenvalue weighted by atomic mass is 79.9. The number of rotatable bonds is 0. The second kappa shape index (κ2) is 5.41. The van der Waals surface area contributed by atoms with Gasteiger partial charge in [0.15, 0.2) is 21.7 Å². The standard InChI is InChI=1S/C22H9BrO4/c23-10-5-6-13-14(7-10)22(27)18-9-16-15(8-17(18)21(13)26)19(24)11-3-1-2-4-12(11)20(16)25/h1-9H. The molecule has 4 nitrogen and oxygen atoms in total. The Balaban J connectivity index is 2.14. The molecule has 0 fully saturated rings. The summed E-state index contributed by atoms with van der Waals surface area (Å²) < 4.78 is 0.684. The molecule has 0 bridgehead atoms. The van der Waals surface area contributed by atoms with E-state index < -0.39 is 0 Å². The van der Waals surface area contributed by atoms with Gasteiger partial charge in [0.1, 0.15) is 0 Å². The second-order valence-corrected chi connectivity index (χ2v) is 7.41. The smallest absolute Gasteiger partial charge is 0.194 e. The number of fused-ring (bicyclic) bond motifs is 4. The van der Waals surface area contributed by atoms with E-state index in [1.54, 1.807) is 42.5 Å². The van der Waals surface area contributed by atoms with Crippen LogP contribution in [0.1, 0.15) is 0 Å². The van der Waals surface area contributed by atoms with Crippen LogP contribution in [-0.2, 0) is 0 Å². The van der Waals surface area contributed by atoms with Crippen molar-refractivity contribution in [3.05, 3.63) is 100.0 Å². The maximum absolute atomic E-state index is 13.0. The van der Waals surface area contributed by atoms with Crippen molar-refractivity contribution >= 4 is 59.0 Å². The van der Waals surface area contributed by atoms with Gasteiger partial charge in [-0.05, 0) is 30.3 Å². The lowest BCUT2D eigenvalue weighted by atomic mass is 9.96. The molecule has 0 spiro atoms. The molecule has 0 saturated heterocycles. The zero-order chi connectivity index (χ0) is 18.9. The number of hydrogen-bond donors (Lipinski definition) is 0. The Labute approximate surface area is 159 Å².